The Morgan fingerprint density at radius 3 is 2.24 bits per heavy atom. The van der Waals surface area contributed by atoms with E-state index in [1.807, 2.05) is 85.5 Å². The fraction of sp³-hybridized carbons (Fsp3) is 0.528. The number of ether oxygens (including phenoxy) is 5. The Morgan fingerprint density at radius 1 is 0.911 bits per heavy atom. The molecular formula is C36H45IO8. The zero-order valence-corrected chi connectivity index (χ0v) is 28.9. The Labute approximate surface area is 280 Å². The number of esters is 1. The van der Waals surface area contributed by atoms with Gasteiger partial charge < -0.3 is 23.7 Å². The van der Waals surface area contributed by atoms with Crippen molar-refractivity contribution in [1.29, 1.82) is 0 Å². The third-order valence-electron chi connectivity index (χ3n) is 9.09. The lowest BCUT2D eigenvalue weighted by Gasteiger charge is -2.42. The molecule has 2 aromatic carbocycles. The highest BCUT2D eigenvalue weighted by atomic mass is 127. The van der Waals surface area contributed by atoms with Gasteiger partial charge in [-0.25, -0.2) is 0 Å². The standard InChI is InChI=1S/C36H45IO8/c1-23-17-33(43-22-26-11-13-27(41-5)14-12-26)36(3,4)32(15-16-37)45-34(39)20-31-24(2)30(42-21-25-9-7-6-8-10-25)19-28(44-31)18-29(38)35(23)40/h6-16,23-24,28,30-33H,17-22H2,1-5H3/b16-15+/t23-,24-,28-,30+,31+,32+,33+/m1/s1. The zero-order chi connectivity index (χ0) is 32.6. The van der Waals surface area contributed by atoms with Gasteiger partial charge in [0.05, 0.1) is 51.2 Å². The lowest BCUT2D eigenvalue weighted by Crippen LogP contribution is -2.48. The van der Waals surface area contributed by atoms with Crippen LogP contribution in [0.15, 0.2) is 64.8 Å². The van der Waals surface area contributed by atoms with E-state index in [4.69, 9.17) is 23.7 Å². The maximum absolute atomic E-state index is 13.5. The molecule has 0 radical (unpaired) electrons. The number of fused-ring (bicyclic) bond motifs is 2. The second kappa shape index (κ2) is 16.3. The van der Waals surface area contributed by atoms with Gasteiger partial charge in [0.1, 0.15) is 11.9 Å². The van der Waals surface area contributed by atoms with E-state index in [0.717, 1.165) is 16.9 Å². The van der Waals surface area contributed by atoms with Crippen LogP contribution in [0, 0.1) is 17.3 Å². The van der Waals surface area contributed by atoms with Crippen molar-refractivity contribution >= 4 is 40.1 Å². The maximum Gasteiger partial charge on any atom is 0.309 e. The van der Waals surface area contributed by atoms with Gasteiger partial charge in [0, 0.05) is 30.1 Å². The SMILES string of the molecule is COc1ccc(CO[C@H]2C[C@@H](C)C(=O)C(=O)C[C@@H]3C[C@H](OCc4ccccc4)[C@@H](C)[C@H](CC(=O)O[C@@H](/C=C/I)C2(C)C)O3)cc1. The van der Waals surface area contributed by atoms with Crippen LogP contribution < -0.4 is 4.74 Å². The molecule has 2 fully saturated rings. The second-order valence-corrected chi connectivity index (χ2v) is 13.5. The van der Waals surface area contributed by atoms with Crippen molar-refractivity contribution in [2.24, 2.45) is 17.3 Å². The largest absolute Gasteiger partial charge is 0.497 e. The van der Waals surface area contributed by atoms with Crippen LogP contribution in [0.4, 0.5) is 0 Å². The van der Waals surface area contributed by atoms with Gasteiger partial charge in [-0.2, -0.15) is 0 Å². The van der Waals surface area contributed by atoms with E-state index in [1.165, 1.54) is 0 Å². The summed E-state index contributed by atoms with van der Waals surface area (Å²) in [5.41, 5.74) is 1.22. The highest BCUT2D eigenvalue weighted by Crippen LogP contribution is 2.38. The van der Waals surface area contributed by atoms with Crippen molar-refractivity contribution < 1.29 is 38.1 Å². The first-order valence-electron chi connectivity index (χ1n) is 15.6. The van der Waals surface area contributed by atoms with Gasteiger partial charge in [-0.15, -0.1) is 0 Å². The molecule has 0 N–H and O–H groups in total. The summed E-state index contributed by atoms with van der Waals surface area (Å²) in [5, 5.41) is 0. The first kappa shape index (κ1) is 35.3. The van der Waals surface area contributed by atoms with Crippen molar-refractivity contribution in [2.45, 2.75) is 97.1 Å². The number of benzene rings is 2. The number of halogens is 1. The van der Waals surface area contributed by atoms with Gasteiger partial charge in [0.15, 0.2) is 0 Å². The number of carbonyl (C=O) groups is 3. The number of hydrogen-bond donors (Lipinski definition) is 0. The molecule has 0 aromatic heterocycles. The Kier molecular flexibility index (Phi) is 12.8. The van der Waals surface area contributed by atoms with Crippen molar-refractivity contribution in [3.05, 3.63) is 75.9 Å². The predicted molar refractivity (Wildman–Crippen MR) is 179 cm³/mol. The molecule has 2 bridgehead atoms. The summed E-state index contributed by atoms with van der Waals surface area (Å²) in [6, 6.07) is 17.4. The summed E-state index contributed by atoms with van der Waals surface area (Å²) >= 11 is 2.11. The molecule has 0 aliphatic carbocycles. The summed E-state index contributed by atoms with van der Waals surface area (Å²) in [5.74, 6) is -1.32. The molecule has 244 valence electrons. The Bertz CT molecular complexity index is 1310. The van der Waals surface area contributed by atoms with E-state index >= 15 is 0 Å². The number of cyclic esters (lactones) is 1. The zero-order valence-electron chi connectivity index (χ0n) is 26.8. The monoisotopic (exact) mass is 732 g/mol. The maximum atomic E-state index is 13.5. The fourth-order valence-electron chi connectivity index (χ4n) is 6.06. The van der Waals surface area contributed by atoms with Crippen LogP contribution in [0.25, 0.3) is 0 Å². The van der Waals surface area contributed by atoms with E-state index in [9.17, 15) is 14.4 Å². The molecule has 2 saturated heterocycles. The van der Waals surface area contributed by atoms with E-state index in [0.29, 0.717) is 13.0 Å². The summed E-state index contributed by atoms with van der Waals surface area (Å²) in [7, 11) is 1.61. The van der Waals surface area contributed by atoms with Crippen LogP contribution in [0.2, 0.25) is 0 Å². The van der Waals surface area contributed by atoms with Gasteiger partial charge in [0.25, 0.3) is 0 Å². The van der Waals surface area contributed by atoms with Gasteiger partial charge in [0.2, 0.25) is 11.6 Å². The second-order valence-electron chi connectivity index (χ2n) is 12.8. The Balaban J connectivity index is 1.58. The smallest absolute Gasteiger partial charge is 0.309 e. The minimum absolute atomic E-state index is 0.000438. The third kappa shape index (κ3) is 9.47. The number of hydrogen-bond acceptors (Lipinski definition) is 8. The van der Waals surface area contributed by atoms with E-state index in [2.05, 4.69) is 22.6 Å². The number of carbonyl (C=O) groups excluding carboxylic acids is 3. The van der Waals surface area contributed by atoms with Gasteiger partial charge in [-0.05, 0) is 39.8 Å². The minimum Gasteiger partial charge on any atom is -0.497 e. The third-order valence-corrected chi connectivity index (χ3v) is 9.51. The van der Waals surface area contributed by atoms with Crippen LogP contribution in [-0.2, 0) is 46.5 Å². The van der Waals surface area contributed by atoms with Crippen molar-refractivity contribution in [2.75, 3.05) is 7.11 Å². The molecule has 2 heterocycles. The average Bonchev–Trinajstić information content (AvgIpc) is 3.03. The first-order valence-corrected chi connectivity index (χ1v) is 16.8. The van der Waals surface area contributed by atoms with E-state index in [1.54, 1.807) is 14.0 Å². The molecule has 0 amide bonds. The number of rotatable bonds is 8. The molecule has 4 rings (SSSR count). The van der Waals surface area contributed by atoms with Crippen LogP contribution in [0.1, 0.15) is 64.5 Å². The fourth-order valence-corrected chi connectivity index (χ4v) is 6.44. The highest BCUT2D eigenvalue weighted by Gasteiger charge is 2.44. The molecule has 0 saturated carbocycles. The minimum atomic E-state index is -0.742. The predicted octanol–water partition coefficient (Wildman–Crippen LogP) is 6.80. The number of Topliss-reactive ketones (excluding diaryl/α,β-unsaturated/α-hetero) is 2. The lowest BCUT2D eigenvalue weighted by atomic mass is 9.76. The quantitative estimate of drug-likeness (QED) is 0.166. The molecular weight excluding hydrogens is 687 g/mol. The molecule has 8 nitrogen and oxygen atoms in total. The van der Waals surface area contributed by atoms with Crippen molar-refractivity contribution in [1.82, 2.24) is 0 Å². The number of ketones is 2. The van der Waals surface area contributed by atoms with Crippen molar-refractivity contribution in [3.63, 3.8) is 0 Å². The Morgan fingerprint density at radius 2 is 1.58 bits per heavy atom. The summed E-state index contributed by atoms with van der Waals surface area (Å²) < 4.78 is 32.4. The van der Waals surface area contributed by atoms with Crippen LogP contribution >= 0.6 is 22.6 Å². The highest BCUT2D eigenvalue weighted by molar-refractivity contribution is 14.1. The van der Waals surface area contributed by atoms with Crippen LogP contribution in [0.5, 0.6) is 5.75 Å². The van der Waals surface area contributed by atoms with E-state index < -0.39 is 53.3 Å². The molecule has 0 unspecified atom stereocenters. The summed E-state index contributed by atoms with van der Waals surface area (Å²) in [6.45, 7) is 8.37. The van der Waals surface area contributed by atoms with Crippen molar-refractivity contribution in [3.8, 4) is 5.75 Å². The molecule has 7 atom stereocenters. The molecule has 0 spiro atoms. The van der Waals surface area contributed by atoms with Gasteiger partial charge in [-0.3, -0.25) is 14.4 Å². The molecule has 2 aliphatic heterocycles. The summed E-state index contributed by atoms with van der Waals surface area (Å²) in [4.78, 5) is 40.4. The molecule has 2 aliphatic rings. The molecule has 2 aromatic rings. The molecule has 9 heteroatoms. The lowest BCUT2D eigenvalue weighted by molar-refractivity contribution is -0.180. The first-order chi connectivity index (χ1) is 21.5. The van der Waals surface area contributed by atoms with E-state index in [-0.39, 0.29) is 37.9 Å². The topological polar surface area (TPSA) is 97.4 Å². The van der Waals surface area contributed by atoms with Crippen LogP contribution in [-0.4, -0.2) is 55.2 Å². The van der Waals surface area contributed by atoms with Gasteiger partial charge in [-0.1, -0.05) is 92.8 Å². The number of methoxy groups -OCH3 is 1. The summed E-state index contributed by atoms with van der Waals surface area (Å²) in [6.07, 6.45) is 0.0172. The average molecular weight is 733 g/mol. The Hall–Kier alpha value is -2.60. The normalized spacial score (nSPS) is 29.6. The van der Waals surface area contributed by atoms with Crippen LogP contribution in [0.3, 0.4) is 0 Å². The van der Waals surface area contributed by atoms with Gasteiger partial charge >= 0.3 is 5.97 Å². The molecule has 45 heavy (non-hydrogen) atoms.